The second kappa shape index (κ2) is 11.3. The van der Waals surface area contributed by atoms with Gasteiger partial charge in [0, 0.05) is 37.1 Å². The van der Waals surface area contributed by atoms with Crippen molar-refractivity contribution in [2.75, 3.05) is 33.3 Å². The predicted molar refractivity (Wildman–Crippen MR) is 161 cm³/mol. The van der Waals surface area contributed by atoms with Gasteiger partial charge in [-0.05, 0) is 53.9 Å². The largest absolute Gasteiger partial charge is 0.497 e. The Hall–Kier alpha value is -4.48. The Morgan fingerprint density at radius 1 is 0.750 bits per heavy atom. The van der Waals surface area contributed by atoms with Crippen LogP contribution in [-0.4, -0.2) is 54.0 Å². The van der Waals surface area contributed by atoms with Gasteiger partial charge in [0.15, 0.2) is 0 Å². The molecule has 1 aromatic heterocycles. The van der Waals surface area contributed by atoms with Crippen molar-refractivity contribution in [1.82, 2.24) is 14.8 Å². The SMILES string of the molecule is COc1ccc(-c2nc3ccccc3c(C(=O)N3CCN(C(c4ccccc4)c4ccccc4)CC3)c2C)cc1. The van der Waals surface area contributed by atoms with Crippen LogP contribution >= 0.6 is 0 Å². The third kappa shape index (κ3) is 4.96. The first-order valence-electron chi connectivity index (χ1n) is 13.8. The molecule has 1 saturated heterocycles. The zero-order valence-electron chi connectivity index (χ0n) is 23.0. The van der Waals surface area contributed by atoms with Gasteiger partial charge in [-0.1, -0.05) is 78.9 Å². The van der Waals surface area contributed by atoms with Crippen LogP contribution in [-0.2, 0) is 0 Å². The van der Waals surface area contributed by atoms with E-state index in [-0.39, 0.29) is 11.9 Å². The van der Waals surface area contributed by atoms with Gasteiger partial charge in [0.25, 0.3) is 5.91 Å². The molecule has 4 aromatic carbocycles. The summed E-state index contributed by atoms with van der Waals surface area (Å²) in [7, 11) is 1.66. The maximum Gasteiger partial charge on any atom is 0.254 e. The van der Waals surface area contributed by atoms with E-state index in [0.29, 0.717) is 13.1 Å². The number of pyridine rings is 1. The van der Waals surface area contributed by atoms with Gasteiger partial charge < -0.3 is 9.64 Å². The maximum atomic E-state index is 14.2. The number of carbonyl (C=O) groups excluding carboxylic acids is 1. The number of piperazine rings is 1. The van der Waals surface area contributed by atoms with Crippen molar-refractivity contribution in [3.63, 3.8) is 0 Å². The number of hydrogen-bond donors (Lipinski definition) is 0. The molecule has 0 spiro atoms. The summed E-state index contributed by atoms with van der Waals surface area (Å²) in [6.45, 7) is 4.95. The van der Waals surface area contributed by atoms with E-state index < -0.39 is 0 Å². The normalized spacial score (nSPS) is 14.0. The van der Waals surface area contributed by atoms with E-state index in [0.717, 1.165) is 52.1 Å². The average Bonchev–Trinajstić information content (AvgIpc) is 3.02. The maximum absolute atomic E-state index is 14.2. The number of rotatable bonds is 6. The molecule has 5 aromatic rings. The first kappa shape index (κ1) is 25.8. The molecule has 200 valence electrons. The Labute approximate surface area is 235 Å². The molecule has 1 fully saturated rings. The minimum atomic E-state index is 0.0708. The molecule has 1 amide bonds. The number of fused-ring (bicyclic) bond motifs is 1. The van der Waals surface area contributed by atoms with E-state index in [1.54, 1.807) is 7.11 Å². The molecule has 40 heavy (non-hydrogen) atoms. The van der Waals surface area contributed by atoms with Crippen molar-refractivity contribution in [1.29, 1.82) is 0 Å². The molecular formula is C35H33N3O2. The minimum absolute atomic E-state index is 0.0708. The number of amides is 1. The molecule has 0 unspecified atom stereocenters. The van der Waals surface area contributed by atoms with E-state index in [1.807, 2.05) is 60.4 Å². The summed E-state index contributed by atoms with van der Waals surface area (Å²) in [5.74, 6) is 0.863. The Kier molecular flexibility index (Phi) is 7.30. The first-order valence-corrected chi connectivity index (χ1v) is 13.8. The standard InChI is InChI=1S/C35H33N3O2/c1-25-32(30-15-9-10-16-31(30)36-33(25)26-17-19-29(40-2)20-18-26)35(39)38-23-21-37(22-24-38)34(27-11-5-3-6-12-27)28-13-7-4-8-14-28/h3-20,34H,21-24H2,1-2H3. The summed E-state index contributed by atoms with van der Waals surface area (Å²) in [4.78, 5) is 23.7. The molecule has 5 heteroatoms. The van der Waals surface area contributed by atoms with Gasteiger partial charge in [-0.15, -0.1) is 0 Å². The molecule has 0 radical (unpaired) electrons. The van der Waals surface area contributed by atoms with Crippen LogP contribution in [0.3, 0.4) is 0 Å². The van der Waals surface area contributed by atoms with Crippen LogP contribution in [0.5, 0.6) is 5.75 Å². The Morgan fingerprint density at radius 2 is 1.32 bits per heavy atom. The lowest BCUT2D eigenvalue weighted by molar-refractivity contribution is 0.0598. The summed E-state index contributed by atoms with van der Waals surface area (Å²) in [6, 6.07) is 37.3. The number of para-hydroxylation sites is 1. The number of hydrogen-bond acceptors (Lipinski definition) is 4. The summed E-state index contributed by atoms with van der Waals surface area (Å²) < 4.78 is 5.34. The van der Waals surface area contributed by atoms with E-state index in [1.165, 1.54) is 11.1 Å². The van der Waals surface area contributed by atoms with E-state index >= 15 is 0 Å². The van der Waals surface area contributed by atoms with E-state index in [2.05, 4.69) is 65.6 Å². The Balaban J connectivity index is 1.30. The van der Waals surface area contributed by atoms with Gasteiger partial charge in [0.2, 0.25) is 0 Å². The molecule has 0 saturated carbocycles. The van der Waals surface area contributed by atoms with E-state index in [4.69, 9.17) is 9.72 Å². The molecule has 1 aliphatic heterocycles. The van der Waals surface area contributed by atoms with Crippen LogP contribution in [0.1, 0.15) is 33.1 Å². The molecule has 0 N–H and O–H groups in total. The average molecular weight is 528 g/mol. The summed E-state index contributed by atoms with van der Waals surface area (Å²) in [5.41, 5.74) is 6.82. The third-order valence-electron chi connectivity index (χ3n) is 7.91. The van der Waals surface area contributed by atoms with E-state index in [9.17, 15) is 4.79 Å². The molecule has 1 aliphatic rings. The second-order valence-electron chi connectivity index (χ2n) is 10.3. The smallest absolute Gasteiger partial charge is 0.254 e. The van der Waals surface area contributed by atoms with Crippen molar-refractivity contribution in [2.45, 2.75) is 13.0 Å². The molecule has 2 heterocycles. The number of methoxy groups -OCH3 is 1. The van der Waals surface area contributed by atoms with Gasteiger partial charge in [0.05, 0.1) is 29.9 Å². The highest BCUT2D eigenvalue weighted by molar-refractivity contribution is 6.09. The van der Waals surface area contributed by atoms with Crippen molar-refractivity contribution in [3.05, 3.63) is 131 Å². The van der Waals surface area contributed by atoms with Crippen molar-refractivity contribution < 1.29 is 9.53 Å². The summed E-state index contributed by atoms with van der Waals surface area (Å²) in [6.07, 6.45) is 0. The van der Waals surface area contributed by atoms with Crippen molar-refractivity contribution in [3.8, 4) is 17.0 Å². The fourth-order valence-electron chi connectivity index (χ4n) is 5.84. The number of nitrogens with zero attached hydrogens (tertiary/aromatic N) is 3. The van der Waals surface area contributed by atoms with Crippen molar-refractivity contribution >= 4 is 16.8 Å². The molecular weight excluding hydrogens is 494 g/mol. The second-order valence-corrected chi connectivity index (χ2v) is 10.3. The summed E-state index contributed by atoms with van der Waals surface area (Å²) in [5, 5.41) is 0.899. The monoisotopic (exact) mass is 527 g/mol. The fraction of sp³-hybridized carbons (Fsp3) is 0.200. The lowest BCUT2D eigenvalue weighted by atomic mass is 9.95. The van der Waals surface area contributed by atoms with Gasteiger partial charge in [0.1, 0.15) is 5.75 Å². The van der Waals surface area contributed by atoms with Crippen LogP contribution in [0.15, 0.2) is 109 Å². The quantitative estimate of drug-likeness (QED) is 0.245. The topological polar surface area (TPSA) is 45.7 Å². The van der Waals surface area contributed by atoms with Gasteiger partial charge in [-0.2, -0.15) is 0 Å². The van der Waals surface area contributed by atoms with Gasteiger partial charge >= 0.3 is 0 Å². The molecule has 0 aliphatic carbocycles. The van der Waals surface area contributed by atoms with Crippen LogP contribution < -0.4 is 4.74 Å². The Morgan fingerprint density at radius 3 is 1.93 bits per heavy atom. The van der Waals surface area contributed by atoms with Gasteiger partial charge in [-0.25, -0.2) is 4.98 Å². The molecule has 6 rings (SSSR count). The lowest BCUT2D eigenvalue weighted by Crippen LogP contribution is -2.50. The van der Waals surface area contributed by atoms with Crippen LogP contribution in [0.2, 0.25) is 0 Å². The summed E-state index contributed by atoms with van der Waals surface area (Å²) >= 11 is 0. The fourth-order valence-corrected chi connectivity index (χ4v) is 5.84. The van der Waals surface area contributed by atoms with Crippen molar-refractivity contribution in [2.24, 2.45) is 0 Å². The molecule has 0 bridgehead atoms. The van der Waals surface area contributed by atoms with Gasteiger partial charge in [-0.3, -0.25) is 9.69 Å². The minimum Gasteiger partial charge on any atom is -0.497 e. The highest BCUT2D eigenvalue weighted by atomic mass is 16.5. The predicted octanol–water partition coefficient (Wildman–Crippen LogP) is 6.77. The zero-order valence-corrected chi connectivity index (χ0v) is 23.0. The molecule has 5 nitrogen and oxygen atoms in total. The third-order valence-corrected chi connectivity index (χ3v) is 7.91. The zero-order chi connectivity index (χ0) is 27.5. The number of aromatic nitrogens is 1. The number of benzene rings is 4. The number of ether oxygens (including phenoxy) is 1. The first-order chi connectivity index (χ1) is 19.6. The Bertz CT molecular complexity index is 1570. The lowest BCUT2D eigenvalue weighted by Gasteiger charge is -2.40. The highest BCUT2D eigenvalue weighted by Crippen LogP contribution is 2.33. The molecule has 0 atom stereocenters. The van der Waals surface area contributed by atoms with Crippen LogP contribution in [0.25, 0.3) is 22.2 Å². The van der Waals surface area contributed by atoms with Crippen LogP contribution in [0, 0.1) is 6.92 Å². The van der Waals surface area contributed by atoms with Crippen LogP contribution in [0.4, 0.5) is 0 Å². The highest BCUT2D eigenvalue weighted by Gasteiger charge is 2.30. The number of carbonyl (C=O) groups is 1.